The van der Waals surface area contributed by atoms with Gasteiger partial charge in [0.15, 0.2) is 0 Å². The van der Waals surface area contributed by atoms with E-state index in [0.29, 0.717) is 18.8 Å². The third kappa shape index (κ3) is 14.6. The predicted molar refractivity (Wildman–Crippen MR) is 228 cm³/mol. The van der Waals surface area contributed by atoms with Gasteiger partial charge in [-0.05, 0) is 67.9 Å². The second-order valence-corrected chi connectivity index (χ2v) is 16.6. The van der Waals surface area contributed by atoms with Crippen molar-refractivity contribution in [3.05, 3.63) is 81.9 Å². The van der Waals surface area contributed by atoms with E-state index in [9.17, 15) is 0 Å². The molecule has 1 saturated carbocycles. The number of benzene rings is 2. The molecule has 2 heterocycles. The summed E-state index contributed by atoms with van der Waals surface area (Å²) in [6, 6.07) is 17.8. The van der Waals surface area contributed by atoms with Gasteiger partial charge in [-0.25, -0.2) is 0 Å². The van der Waals surface area contributed by atoms with Crippen molar-refractivity contribution in [1.29, 1.82) is 0 Å². The fourth-order valence-corrected chi connectivity index (χ4v) is 8.02. The fraction of sp³-hybridized carbons (Fsp3) is 0.673. The molecule has 1 aliphatic carbocycles. The van der Waals surface area contributed by atoms with Gasteiger partial charge in [0, 0.05) is 12.0 Å². The Morgan fingerprint density at radius 1 is 0.615 bits per heavy atom. The van der Waals surface area contributed by atoms with Crippen LogP contribution in [-0.4, -0.2) is 37.1 Å². The summed E-state index contributed by atoms with van der Waals surface area (Å²) < 4.78 is 10.0. The summed E-state index contributed by atoms with van der Waals surface area (Å²) in [5.41, 5.74) is 8.70. The summed E-state index contributed by atoms with van der Waals surface area (Å²) in [5.74, 6) is 0. The molecule has 2 aromatic carbocycles. The molecule has 4 unspecified atom stereocenters. The van der Waals surface area contributed by atoms with Crippen molar-refractivity contribution in [2.75, 3.05) is 19.8 Å². The van der Waals surface area contributed by atoms with Crippen LogP contribution in [-0.2, 0) is 9.47 Å². The Hall–Kier alpha value is -2.20. The molecule has 3 heteroatoms. The van der Waals surface area contributed by atoms with Crippen LogP contribution in [0, 0.1) is 30.1 Å². The molecule has 2 aromatic rings. The van der Waals surface area contributed by atoms with Crippen molar-refractivity contribution >= 4 is 12.2 Å². The molecule has 0 bridgehead atoms. The highest BCUT2D eigenvalue weighted by Gasteiger charge is 2.60. The molecular formula is C49H80O3. The molecular weight excluding hydrogens is 637 g/mol. The van der Waals surface area contributed by atoms with Crippen LogP contribution in [0.15, 0.2) is 59.7 Å². The molecule has 5 rings (SSSR count). The molecule has 1 N–H and O–H groups in total. The van der Waals surface area contributed by atoms with Crippen LogP contribution in [0.4, 0.5) is 0 Å². The van der Waals surface area contributed by atoms with Gasteiger partial charge in [-0.15, -0.1) is 0 Å². The van der Waals surface area contributed by atoms with E-state index in [1.807, 2.05) is 0 Å². The smallest absolute Gasteiger partial charge is 0.0810 e. The first kappa shape index (κ1) is 46.0. The number of aliphatic hydroxyl groups excluding tert-OH is 1. The molecule has 0 amide bonds. The van der Waals surface area contributed by atoms with Crippen LogP contribution in [0.5, 0.6) is 0 Å². The van der Waals surface area contributed by atoms with Crippen LogP contribution in [0.1, 0.15) is 174 Å². The maximum absolute atomic E-state index is 8.07. The van der Waals surface area contributed by atoms with Crippen LogP contribution in [0.2, 0.25) is 0 Å². The summed E-state index contributed by atoms with van der Waals surface area (Å²) in [6.07, 6.45) is 24.5. The summed E-state index contributed by atoms with van der Waals surface area (Å²) in [5, 5.41) is 8.07. The van der Waals surface area contributed by atoms with Gasteiger partial charge in [0.05, 0.1) is 25.4 Å². The molecule has 3 fully saturated rings. The van der Waals surface area contributed by atoms with Crippen LogP contribution in [0.3, 0.4) is 0 Å². The van der Waals surface area contributed by atoms with E-state index in [1.165, 1.54) is 86.5 Å². The average Bonchev–Trinajstić information content (AvgIpc) is 4.07. The monoisotopic (exact) mass is 717 g/mol. The Morgan fingerprint density at radius 3 is 1.35 bits per heavy atom. The summed E-state index contributed by atoms with van der Waals surface area (Å²) >= 11 is 0. The van der Waals surface area contributed by atoms with Crippen molar-refractivity contribution in [2.45, 2.75) is 178 Å². The molecule has 3 aliphatic rings. The van der Waals surface area contributed by atoms with E-state index in [-0.39, 0.29) is 16.2 Å². The van der Waals surface area contributed by atoms with Gasteiger partial charge >= 0.3 is 0 Å². The van der Waals surface area contributed by atoms with Crippen molar-refractivity contribution in [1.82, 2.24) is 0 Å². The van der Waals surface area contributed by atoms with Gasteiger partial charge in [0.25, 0.3) is 0 Å². The lowest BCUT2D eigenvalue weighted by molar-refractivity contribution is 0.170. The molecule has 2 aliphatic heterocycles. The number of unbranched alkanes of at least 4 members (excludes halogenated alkanes) is 8. The van der Waals surface area contributed by atoms with Gasteiger partial charge < -0.3 is 14.6 Å². The van der Waals surface area contributed by atoms with Gasteiger partial charge in [0.1, 0.15) is 0 Å². The summed E-state index contributed by atoms with van der Waals surface area (Å²) in [4.78, 5) is 0. The average molecular weight is 717 g/mol. The summed E-state index contributed by atoms with van der Waals surface area (Å²) in [6.45, 7) is 27.8. The topological polar surface area (TPSA) is 45.3 Å². The van der Waals surface area contributed by atoms with E-state index >= 15 is 0 Å². The zero-order chi connectivity index (χ0) is 38.6. The van der Waals surface area contributed by atoms with E-state index in [1.54, 1.807) is 11.1 Å². The molecule has 3 nitrogen and oxygen atoms in total. The number of hydrogen-bond donors (Lipinski definition) is 1. The highest BCUT2D eigenvalue weighted by Crippen LogP contribution is 2.70. The SMILES string of the molecule is CCC1(C)/C(=C/c2cccc(C)c2)C(C)(C)/C(=C\c2cccc(C)c2)C1(C)CC.CCC1CO1.CCCCCCCCCCC1CO1.CCCCO. The largest absolute Gasteiger partial charge is 0.396 e. The number of aryl methyl sites for hydroxylation is 2. The fourth-order valence-electron chi connectivity index (χ4n) is 8.02. The lowest BCUT2D eigenvalue weighted by atomic mass is 9.62. The third-order valence-corrected chi connectivity index (χ3v) is 12.0. The quantitative estimate of drug-likeness (QED) is 0.139. The first-order valence-electron chi connectivity index (χ1n) is 21.3. The lowest BCUT2D eigenvalue weighted by Gasteiger charge is -2.42. The number of aliphatic hydroxyl groups is 1. The number of epoxide rings is 2. The van der Waals surface area contributed by atoms with E-state index in [4.69, 9.17) is 14.6 Å². The van der Waals surface area contributed by atoms with Gasteiger partial charge in [-0.1, -0.05) is 203 Å². The Labute approximate surface area is 322 Å². The minimum atomic E-state index is 0.0169. The zero-order valence-electron chi connectivity index (χ0n) is 35.7. The number of hydrogen-bond acceptors (Lipinski definition) is 3. The van der Waals surface area contributed by atoms with Crippen LogP contribution < -0.4 is 0 Å². The minimum Gasteiger partial charge on any atom is -0.396 e. The number of rotatable bonds is 16. The third-order valence-electron chi connectivity index (χ3n) is 12.0. The highest BCUT2D eigenvalue weighted by atomic mass is 16.6. The van der Waals surface area contributed by atoms with Gasteiger partial charge in [0.2, 0.25) is 0 Å². The van der Waals surface area contributed by atoms with Crippen molar-refractivity contribution < 1.29 is 14.6 Å². The maximum Gasteiger partial charge on any atom is 0.0810 e. The first-order chi connectivity index (χ1) is 24.9. The molecule has 0 spiro atoms. The molecule has 294 valence electrons. The van der Waals surface area contributed by atoms with Crippen molar-refractivity contribution in [2.24, 2.45) is 16.2 Å². The number of ether oxygens (including phenoxy) is 2. The minimum absolute atomic E-state index is 0.0169. The van der Waals surface area contributed by atoms with Crippen LogP contribution >= 0.6 is 0 Å². The predicted octanol–water partition coefficient (Wildman–Crippen LogP) is 14.1. The highest BCUT2D eigenvalue weighted by molar-refractivity contribution is 5.68. The second-order valence-electron chi connectivity index (χ2n) is 16.6. The Kier molecular flexibility index (Phi) is 20.8. The van der Waals surface area contributed by atoms with Crippen LogP contribution in [0.25, 0.3) is 12.2 Å². The number of allylic oxidation sites excluding steroid dienone is 2. The van der Waals surface area contributed by atoms with Gasteiger partial charge in [-0.3, -0.25) is 0 Å². The van der Waals surface area contributed by atoms with Crippen molar-refractivity contribution in [3.63, 3.8) is 0 Å². The zero-order valence-corrected chi connectivity index (χ0v) is 35.7. The summed E-state index contributed by atoms with van der Waals surface area (Å²) in [7, 11) is 0. The Bertz CT molecular complexity index is 1250. The second kappa shape index (κ2) is 23.6. The molecule has 4 atom stereocenters. The molecule has 52 heavy (non-hydrogen) atoms. The van der Waals surface area contributed by atoms with E-state index in [2.05, 4.69) is 137 Å². The normalized spacial score (nSPS) is 25.4. The Balaban J connectivity index is 0.000000331. The van der Waals surface area contributed by atoms with E-state index in [0.717, 1.165) is 38.9 Å². The molecule has 0 radical (unpaired) electrons. The Morgan fingerprint density at radius 2 is 1.04 bits per heavy atom. The molecule has 0 aromatic heterocycles. The van der Waals surface area contributed by atoms with E-state index < -0.39 is 0 Å². The maximum atomic E-state index is 8.07. The van der Waals surface area contributed by atoms with Gasteiger partial charge in [-0.2, -0.15) is 0 Å². The molecule has 2 saturated heterocycles. The van der Waals surface area contributed by atoms with Crippen molar-refractivity contribution in [3.8, 4) is 0 Å². The standard InChI is InChI=1S/C29H38.C12H24O.C4H8O.C4H10O/c1-9-28(7)25(19-23-15-11-13-21(3)17-23)27(5,6)26(29(28,8)10-2)20-24-16-12-14-22(4)18-24;1-2-3-4-5-6-7-8-9-10-12-11-13-12;1-2-4-3-5-4;1-2-3-4-5/h11-20H,9-10H2,1-8H3;12H,2-11H2,1H3;4H,2-3H2,1H3;5H,2-4H2,1H3/b25-19+,26-20+;;;. The first-order valence-corrected chi connectivity index (χ1v) is 21.3. The lowest BCUT2D eigenvalue weighted by Crippen LogP contribution is -2.33.